The van der Waals surface area contributed by atoms with Crippen LogP contribution in [0.5, 0.6) is 0 Å². The van der Waals surface area contributed by atoms with Gasteiger partial charge in [-0.2, -0.15) is 0 Å². The first-order valence-electron chi connectivity index (χ1n) is 13.5. The summed E-state index contributed by atoms with van der Waals surface area (Å²) < 4.78 is 1.14. The molecule has 0 amide bonds. The molecule has 0 bridgehead atoms. The maximum atomic E-state index is 3.94. The van der Waals surface area contributed by atoms with Gasteiger partial charge in [-0.25, -0.2) is 0 Å². The number of hydrogen-bond donors (Lipinski definition) is 0. The molecule has 1 heteroatoms. The van der Waals surface area contributed by atoms with Gasteiger partial charge in [-0.05, 0) is 56.1 Å². The van der Waals surface area contributed by atoms with Crippen molar-refractivity contribution in [3.8, 4) is 11.1 Å². The molecule has 0 radical (unpaired) electrons. The Morgan fingerprint density at radius 3 is 1.28 bits per heavy atom. The lowest BCUT2D eigenvalue weighted by Gasteiger charge is -2.50. The highest BCUT2D eigenvalue weighted by atomic mass is 79.9. The maximum absolute atomic E-state index is 3.94. The van der Waals surface area contributed by atoms with E-state index in [-0.39, 0.29) is 0 Å². The molecule has 1 spiro atoms. The van der Waals surface area contributed by atoms with E-state index in [4.69, 9.17) is 0 Å². The van der Waals surface area contributed by atoms with Gasteiger partial charge in [0.15, 0.2) is 0 Å². The normalized spacial score (nSPS) is 15.2. The van der Waals surface area contributed by atoms with Crippen LogP contribution >= 0.6 is 15.9 Å². The summed E-state index contributed by atoms with van der Waals surface area (Å²) in [6, 6.07) is 56.1. The van der Waals surface area contributed by atoms with Crippen LogP contribution in [0.3, 0.4) is 0 Å². The van der Waals surface area contributed by atoms with Crippen molar-refractivity contribution in [1.82, 2.24) is 0 Å². The van der Waals surface area contributed by atoms with Gasteiger partial charge in [0.1, 0.15) is 0 Å². The second-order valence-corrected chi connectivity index (χ2v) is 11.4. The van der Waals surface area contributed by atoms with Crippen LogP contribution < -0.4 is 0 Å². The number of benzene rings is 6. The SMILES string of the molecule is Brc1cccc2c1-c1ccccc1C21c2ccccc2C(c2ccccc2)(c2ccccc2)c2ccccc21. The predicted octanol–water partition coefficient (Wildman–Crippen LogP) is 9.51. The Balaban J connectivity index is 1.63. The van der Waals surface area contributed by atoms with Crippen LogP contribution in [-0.2, 0) is 10.8 Å². The summed E-state index contributed by atoms with van der Waals surface area (Å²) in [7, 11) is 0. The van der Waals surface area contributed by atoms with Gasteiger partial charge in [0.25, 0.3) is 0 Å². The fraction of sp³-hybridized carbons (Fsp3) is 0.0526. The van der Waals surface area contributed by atoms with Crippen LogP contribution in [0.1, 0.15) is 44.5 Å². The first kappa shape index (κ1) is 22.8. The molecule has 6 aromatic rings. The molecule has 0 unspecified atom stereocenters. The molecule has 2 aliphatic rings. The van der Waals surface area contributed by atoms with Gasteiger partial charge in [-0.1, -0.05) is 162 Å². The summed E-state index contributed by atoms with van der Waals surface area (Å²) in [5.74, 6) is 0. The van der Waals surface area contributed by atoms with Gasteiger partial charge >= 0.3 is 0 Å². The van der Waals surface area contributed by atoms with Crippen molar-refractivity contribution < 1.29 is 0 Å². The highest BCUT2D eigenvalue weighted by molar-refractivity contribution is 9.10. The molecule has 0 saturated carbocycles. The third-order valence-corrected chi connectivity index (χ3v) is 9.56. The van der Waals surface area contributed by atoms with E-state index in [1.807, 2.05) is 0 Å². The van der Waals surface area contributed by atoms with E-state index in [1.54, 1.807) is 0 Å². The number of fused-ring (bicyclic) bond motifs is 9. The van der Waals surface area contributed by atoms with E-state index < -0.39 is 10.8 Å². The van der Waals surface area contributed by atoms with Crippen molar-refractivity contribution >= 4 is 15.9 Å². The Bertz CT molecular complexity index is 1780. The van der Waals surface area contributed by atoms with E-state index in [2.05, 4.69) is 168 Å². The monoisotopic (exact) mass is 560 g/mol. The molecule has 0 aromatic heterocycles. The van der Waals surface area contributed by atoms with E-state index in [0.29, 0.717) is 0 Å². The quantitative estimate of drug-likeness (QED) is 0.197. The van der Waals surface area contributed by atoms with Crippen molar-refractivity contribution in [2.24, 2.45) is 0 Å². The molecule has 8 rings (SSSR count). The Kier molecular flexibility index (Phi) is 4.90. The summed E-state index contributed by atoms with van der Waals surface area (Å²) >= 11 is 3.94. The lowest BCUT2D eigenvalue weighted by atomic mass is 9.51. The van der Waals surface area contributed by atoms with Crippen molar-refractivity contribution in [3.05, 3.63) is 201 Å². The number of halogens is 1. The standard InChI is InChI=1S/C38H25Br/c39-35-25-13-24-34-36(35)28-18-7-8-19-29(28)38(34)32-22-11-9-20-30(32)37(26-14-3-1-4-15-26,27-16-5-2-6-17-27)31-21-10-12-23-33(31)38/h1-25H. The van der Waals surface area contributed by atoms with E-state index in [0.717, 1.165) is 4.47 Å². The van der Waals surface area contributed by atoms with Gasteiger partial charge in [-0.15, -0.1) is 0 Å². The molecule has 2 aliphatic carbocycles. The zero-order valence-electron chi connectivity index (χ0n) is 21.3. The second-order valence-electron chi connectivity index (χ2n) is 10.5. The molecule has 39 heavy (non-hydrogen) atoms. The molecule has 0 aliphatic heterocycles. The van der Waals surface area contributed by atoms with Crippen LogP contribution in [-0.4, -0.2) is 0 Å². The van der Waals surface area contributed by atoms with Gasteiger partial charge in [0, 0.05) is 10.0 Å². The van der Waals surface area contributed by atoms with Gasteiger partial charge < -0.3 is 0 Å². The first-order chi connectivity index (χ1) is 19.3. The largest absolute Gasteiger partial charge is 0.0720 e. The Labute approximate surface area is 237 Å². The van der Waals surface area contributed by atoms with Crippen LogP contribution in [0.2, 0.25) is 0 Å². The summed E-state index contributed by atoms with van der Waals surface area (Å²) in [6.07, 6.45) is 0. The lowest BCUT2D eigenvalue weighted by molar-refractivity contribution is 0.623. The van der Waals surface area contributed by atoms with Crippen LogP contribution in [0, 0.1) is 0 Å². The summed E-state index contributed by atoms with van der Waals surface area (Å²) in [4.78, 5) is 0. The second kappa shape index (κ2) is 8.40. The highest BCUT2D eigenvalue weighted by Gasteiger charge is 2.56. The summed E-state index contributed by atoms with van der Waals surface area (Å²) in [5.41, 5.74) is 12.4. The minimum Gasteiger partial charge on any atom is -0.0622 e. The summed E-state index contributed by atoms with van der Waals surface area (Å²) in [6.45, 7) is 0. The van der Waals surface area contributed by atoms with Crippen molar-refractivity contribution in [2.75, 3.05) is 0 Å². The smallest absolute Gasteiger partial charge is 0.0622 e. The maximum Gasteiger partial charge on any atom is 0.0720 e. The van der Waals surface area contributed by atoms with Crippen LogP contribution in [0.25, 0.3) is 11.1 Å². The third-order valence-electron chi connectivity index (χ3n) is 8.90. The van der Waals surface area contributed by atoms with Crippen LogP contribution in [0.4, 0.5) is 0 Å². The third kappa shape index (κ3) is 2.78. The van der Waals surface area contributed by atoms with Crippen LogP contribution in [0.15, 0.2) is 156 Å². The molecule has 184 valence electrons. The lowest BCUT2D eigenvalue weighted by Crippen LogP contribution is -2.44. The van der Waals surface area contributed by atoms with E-state index in [9.17, 15) is 0 Å². The molecule has 0 atom stereocenters. The van der Waals surface area contributed by atoms with Gasteiger partial charge in [0.2, 0.25) is 0 Å². The molecule has 0 fully saturated rings. The first-order valence-corrected chi connectivity index (χ1v) is 14.3. The topological polar surface area (TPSA) is 0 Å². The minimum absolute atomic E-state index is 0.421. The molecule has 0 nitrogen and oxygen atoms in total. The highest BCUT2D eigenvalue weighted by Crippen LogP contribution is 2.65. The van der Waals surface area contributed by atoms with Gasteiger partial charge in [0.05, 0.1) is 10.8 Å². The average Bonchev–Trinajstić information content (AvgIpc) is 3.31. The Morgan fingerprint density at radius 1 is 0.333 bits per heavy atom. The van der Waals surface area contributed by atoms with E-state index >= 15 is 0 Å². The molecule has 0 heterocycles. The summed E-state index contributed by atoms with van der Waals surface area (Å²) in [5, 5.41) is 0. The Hall–Kier alpha value is -4.20. The average molecular weight is 562 g/mol. The van der Waals surface area contributed by atoms with Crippen molar-refractivity contribution in [3.63, 3.8) is 0 Å². The number of rotatable bonds is 2. The number of hydrogen-bond acceptors (Lipinski definition) is 0. The molecule has 6 aromatic carbocycles. The molecular formula is C38H25Br. The zero-order valence-corrected chi connectivity index (χ0v) is 22.9. The fourth-order valence-corrected chi connectivity index (χ4v) is 8.17. The molecular weight excluding hydrogens is 536 g/mol. The fourth-order valence-electron chi connectivity index (χ4n) is 7.59. The van der Waals surface area contributed by atoms with Crippen molar-refractivity contribution in [1.29, 1.82) is 0 Å². The van der Waals surface area contributed by atoms with Gasteiger partial charge in [-0.3, -0.25) is 0 Å². The minimum atomic E-state index is -0.454. The molecule has 0 saturated heterocycles. The van der Waals surface area contributed by atoms with E-state index in [1.165, 1.54) is 55.6 Å². The predicted molar refractivity (Wildman–Crippen MR) is 163 cm³/mol. The Morgan fingerprint density at radius 2 is 0.744 bits per heavy atom. The van der Waals surface area contributed by atoms with Crippen molar-refractivity contribution in [2.45, 2.75) is 10.8 Å². The molecule has 0 N–H and O–H groups in total. The zero-order chi connectivity index (χ0) is 26.0.